The number of sulfone groups is 1. The molecule has 0 radical (unpaired) electrons. The third-order valence-corrected chi connectivity index (χ3v) is 6.70. The summed E-state index contributed by atoms with van der Waals surface area (Å²) in [4.78, 5) is 0. The summed E-state index contributed by atoms with van der Waals surface area (Å²) in [6.07, 6.45) is 5.65. The minimum absolute atomic E-state index is 0.0262. The van der Waals surface area contributed by atoms with E-state index in [0.29, 0.717) is 12.3 Å². The molecule has 112 valence electrons. The van der Waals surface area contributed by atoms with Gasteiger partial charge in [-0.05, 0) is 43.2 Å². The first kappa shape index (κ1) is 16.0. The van der Waals surface area contributed by atoms with Gasteiger partial charge in [0.15, 0.2) is 0 Å². The van der Waals surface area contributed by atoms with Crippen molar-refractivity contribution < 1.29 is 8.42 Å². The molecule has 1 fully saturated rings. The van der Waals surface area contributed by atoms with Crippen LogP contribution in [0.25, 0.3) is 0 Å². The Balaban J connectivity index is 2.02. The molecule has 0 saturated heterocycles. The largest absolute Gasteiger partial charge is 0.327 e. The van der Waals surface area contributed by atoms with Crippen molar-refractivity contribution in [1.82, 2.24) is 0 Å². The minimum Gasteiger partial charge on any atom is -0.327 e. The normalized spacial score (nSPS) is 25.4. The molecule has 0 aliphatic heterocycles. The molecule has 5 heteroatoms. The first-order valence-electron chi connectivity index (χ1n) is 7.06. The van der Waals surface area contributed by atoms with Crippen molar-refractivity contribution in [1.29, 1.82) is 0 Å². The molecule has 1 aromatic carbocycles. The molecule has 2 N–H and O–H groups in total. The molecular formula is C15H22BrNO2S. The van der Waals surface area contributed by atoms with Crippen molar-refractivity contribution in [2.75, 3.05) is 6.26 Å². The van der Waals surface area contributed by atoms with Gasteiger partial charge < -0.3 is 5.73 Å². The zero-order valence-electron chi connectivity index (χ0n) is 11.8. The van der Waals surface area contributed by atoms with Crippen molar-refractivity contribution in [2.24, 2.45) is 11.7 Å². The van der Waals surface area contributed by atoms with Gasteiger partial charge in [-0.25, -0.2) is 8.42 Å². The highest BCUT2D eigenvalue weighted by Crippen LogP contribution is 2.31. The highest BCUT2D eigenvalue weighted by molar-refractivity contribution is 9.10. The predicted molar refractivity (Wildman–Crippen MR) is 86.4 cm³/mol. The lowest BCUT2D eigenvalue weighted by Gasteiger charge is -2.32. The van der Waals surface area contributed by atoms with Crippen LogP contribution in [0.5, 0.6) is 0 Å². The van der Waals surface area contributed by atoms with Gasteiger partial charge in [-0.3, -0.25) is 0 Å². The molecule has 0 heterocycles. The van der Waals surface area contributed by atoms with Gasteiger partial charge in [-0.2, -0.15) is 0 Å². The first-order chi connectivity index (χ1) is 9.38. The number of halogens is 1. The zero-order valence-corrected chi connectivity index (χ0v) is 14.2. The molecule has 0 spiro atoms. The molecule has 3 nitrogen and oxygen atoms in total. The smallest absolute Gasteiger partial charge is 0.150 e. The molecule has 0 amide bonds. The van der Waals surface area contributed by atoms with Crippen molar-refractivity contribution in [2.45, 2.75) is 43.4 Å². The second-order valence-corrected chi connectivity index (χ2v) is 9.02. The van der Waals surface area contributed by atoms with Gasteiger partial charge in [0.1, 0.15) is 9.84 Å². The number of nitrogens with two attached hydrogens (primary N) is 1. The van der Waals surface area contributed by atoms with Crippen molar-refractivity contribution in [3.05, 3.63) is 34.3 Å². The standard InChI is InChI=1S/C15H22BrNO2S/c1-20(18,19)13-7-4-6-12(9-13)15(17)10-11-5-2-3-8-14(11)16/h2-3,5,8,12-13,15H,4,6-7,9-10,17H2,1H3. The zero-order chi connectivity index (χ0) is 14.8. The van der Waals surface area contributed by atoms with E-state index in [-0.39, 0.29) is 11.3 Å². The molecule has 3 unspecified atom stereocenters. The van der Waals surface area contributed by atoms with Gasteiger partial charge in [-0.15, -0.1) is 0 Å². The molecule has 1 aromatic rings. The monoisotopic (exact) mass is 359 g/mol. The van der Waals surface area contributed by atoms with Gasteiger partial charge in [0, 0.05) is 16.8 Å². The van der Waals surface area contributed by atoms with Crippen LogP contribution in [0.3, 0.4) is 0 Å². The molecule has 1 saturated carbocycles. The summed E-state index contributed by atoms with van der Waals surface area (Å²) < 4.78 is 24.5. The van der Waals surface area contributed by atoms with E-state index in [1.54, 1.807) is 0 Å². The van der Waals surface area contributed by atoms with Crippen LogP contribution in [0.1, 0.15) is 31.2 Å². The van der Waals surface area contributed by atoms with Crippen molar-refractivity contribution in [3.8, 4) is 0 Å². The summed E-state index contributed by atoms with van der Waals surface area (Å²) in [5.74, 6) is 0.301. The van der Waals surface area contributed by atoms with Gasteiger partial charge >= 0.3 is 0 Å². The van der Waals surface area contributed by atoms with Crippen LogP contribution >= 0.6 is 15.9 Å². The average Bonchev–Trinajstić information content (AvgIpc) is 2.40. The van der Waals surface area contributed by atoms with E-state index in [1.807, 2.05) is 18.2 Å². The summed E-state index contributed by atoms with van der Waals surface area (Å²) >= 11 is 3.54. The number of hydrogen-bond donors (Lipinski definition) is 1. The van der Waals surface area contributed by atoms with E-state index in [1.165, 1.54) is 11.8 Å². The molecule has 1 aliphatic rings. The molecule has 0 aromatic heterocycles. The number of benzene rings is 1. The molecule has 1 aliphatic carbocycles. The third-order valence-electron chi connectivity index (χ3n) is 4.29. The Morgan fingerprint density at radius 3 is 2.70 bits per heavy atom. The Bertz CT molecular complexity index is 559. The van der Waals surface area contributed by atoms with Crippen LogP contribution in [-0.2, 0) is 16.3 Å². The van der Waals surface area contributed by atoms with E-state index in [4.69, 9.17) is 5.73 Å². The second kappa shape index (κ2) is 6.58. The first-order valence-corrected chi connectivity index (χ1v) is 9.80. The van der Waals surface area contributed by atoms with Crippen LogP contribution in [0.4, 0.5) is 0 Å². The molecule has 20 heavy (non-hydrogen) atoms. The summed E-state index contributed by atoms with van der Waals surface area (Å²) in [5, 5.41) is -0.202. The summed E-state index contributed by atoms with van der Waals surface area (Å²) in [6, 6.07) is 8.10. The highest BCUT2D eigenvalue weighted by atomic mass is 79.9. The maximum atomic E-state index is 11.7. The lowest BCUT2D eigenvalue weighted by Crippen LogP contribution is -2.38. The Labute approximate surface area is 130 Å². The fourth-order valence-corrected chi connectivity index (χ4v) is 4.68. The maximum Gasteiger partial charge on any atom is 0.150 e. The van der Waals surface area contributed by atoms with Crippen LogP contribution in [0.2, 0.25) is 0 Å². The molecule has 2 rings (SSSR count). The lowest BCUT2D eigenvalue weighted by molar-refractivity contribution is 0.304. The molecule has 3 atom stereocenters. The van der Waals surface area contributed by atoms with Gasteiger partial charge in [0.05, 0.1) is 5.25 Å². The van der Waals surface area contributed by atoms with E-state index < -0.39 is 9.84 Å². The van der Waals surface area contributed by atoms with Gasteiger partial charge in [0.2, 0.25) is 0 Å². The molecule has 0 bridgehead atoms. The van der Waals surface area contributed by atoms with Crippen LogP contribution in [0, 0.1) is 5.92 Å². The summed E-state index contributed by atoms with van der Waals surface area (Å²) in [5.41, 5.74) is 7.53. The Morgan fingerprint density at radius 1 is 1.35 bits per heavy atom. The lowest BCUT2D eigenvalue weighted by atomic mass is 9.82. The van der Waals surface area contributed by atoms with Gasteiger partial charge in [0.25, 0.3) is 0 Å². The minimum atomic E-state index is -2.94. The maximum absolute atomic E-state index is 11.7. The highest BCUT2D eigenvalue weighted by Gasteiger charge is 2.31. The van der Waals surface area contributed by atoms with E-state index in [0.717, 1.165) is 30.2 Å². The topological polar surface area (TPSA) is 60.2 Å². The van der Waals surface area contributed by atoms with Gasteiger partial charge in [-0.1, -0.05) is 40.5 Å². The van der Waals surface area contributed by atoms with Crippen LogP contribution in [0.15, 0.2) is 28.7 Å². The van der Waals surface area contributed by atoms with Crippen molar-refractivity contribution >= 4 is 25.8 Å². The van der Waals surface area contributed by atoms with E-state index in [2.05, 4.69) is 22.0 Å². The number of rotatable bonds is 4. The third kappa shape index (κ3) is 4.06. The quantitative estimate of drug-likeness (QED) is 0.898. The van der Waals surface area contributed by atoms with Crippen LogP contribution < -0.4 is 5.73 Å². The second-order valence-electron chi connectivity index (χ2n) is 5.84. The fraction of sp³-hybridized carbons (Fsp3) is 0.600. The Hall–Kier alpha value is -0.390. The summed E-state index contributed by atoms with van der Waals surface area (Å²) in [6.45, 7) is 0. The van der Waals surface area contributed by atoms with Crippen LogP contribution in [-0.4, -0.2) is 26.0 Å². The SMILES string of the molecule is CS(=O)(=O)C1CCCC(C(N)Cc2ccccc2Br)C1. The fourth-order valence-electron chi connectivity index (χ4n) is 3.04. The van der Waals surface area contributed by atoms with E-state index in [9.17, 15) is 8.42 Å². The predicted octanol–water partition coefficient (Wildman–Crippen LogP) is 2.92. The Morgan fingerprint density at radius 2 is 2.05 bits per heavy atom. The Kier molecular flexibility index (Phi) is 5.26. The molecular weight excluding hydrogens is 338 g/mol. The van der Waals surface area contributed by atoms with Crippen molar-refractivity contribution in [3.63, 3.8) is 0 Å². The number of hydrogen-bond acceptors (Lipinski definition) is 3. The summed E-state index contributed by atoms with van der Waals surface area (Å²) in [7, 11) is -2.94. The van der Waals surface area contributed by atoms with E-state index >= 15 is 0 Å². The average molecular weight is 360 g/mol.